The van der Waals surface area contributed by atoms with Crippen LogP contribution in [0.5, 0.6) is 0 Å². The molecule has 0 aromatic rings. The molecule has 7 heteroatoms. The van der Waals surface area contributed by atoms with Gasteiger partial charge in [0.25, 0.3) is 0 Å². The van der Waals surface area contributed by atoms with Crippen LogP contribution in [0.3, 0.4) is 0 Å². The summed E-state index contributed by atoms with van der Waals surface area (Å²) in [5.74, 6) is -2.78. The Hall–Kier alpha value is -0.820. The van der Waals surface area contributed by atoms with Crippen molar-refractivity contribution >= 4 is 5.91 Å². The molecule has 1 aliphatic carbocycles. The van der Waals surface area contributed by atoms with E-state index < -0.39 is 29.5 Å². The zero-order valence-electron chi connectivity index (χ0n) is 11.4. The lowest BCUT2D eigenvalue weighted by atomic mass is 10.00. The van der Waals surface area contributed by atoms with Crippen molar-refractivity contribution in [3.8, 4) is 0 Å². The molecule has 0 spiro atoms. The van der Waals surface area contributed by atoms with Crippen LogP contribution in [0, 0.1) is 11.8 Å². The van der Waals surface area contributed by atoms with Gasteiger partial charge in [0.05, 0.1) is 36.7 Å². The van der Waals surface area contributed by atoms with Crippen molar-refractivity contribution in [2.24, 2.45) is 11.8 Å². The second-order valence-electron chi connectivity index (χ2n) is 6.48. The monoisotopic (exact) mass is 293 g/mol. The molecule has 1 amide bonds. The molecule has 3 fully saturated rings. The second kappa shape index (κ2) is 4.34. The van der Waals surface area contributed by atoms with Gasteiger partial charge in [-0.25, -0.2) is 0 Å². The largest absolute Gasteiger partial charge is 0.392 e. The average molecular weight is 293 g/mol. The fourth-order valence-electron chi connectivity index (χ4n) is 3.19. The SMILES string of the molecule is CC1(C)CN(C(=O)[C@@H]2C[C@H]2C(F)(F)F)[C@@H]2COC[C@H]2O1. The first-order chi connectivity index (χ1) is 9.19. The van der Waals surface area contributed by atoms with Gasteiger partial charge in [-0.1, -0.05) is 0 Å². The van der Waals surface area contributed by atoms with E-state index in [1.165, 1.54) is 0 Å². The van der Waals surface area contributed by atoms with E-state index in [1.54, 1.807) is 4.90 Å². The third-order valence-electron chi connectivity index (χ3n) is 4.23. The lowest BCUT2D eigenvalue weighted by molar-refractivity contribution is -0.175. The first-order valence-electron chi connectivity index (χ1n) is 6.82. The minimum Gasteiger partial charge on any atom is -0.376 e. The van der Waals surface area contributed by atoms with Gasteiger partial charge >= 0.3 is 6.18 Å². The Balaban J connectivity index is 1.74. The Morgan fingerprint density at radius 3 is 2.60 bits per heavy atom. The summed E-state index contributed by atoms with van der Waals surface area (Å²) < 4.78 is 49.0. The molecule has 20 heavy (non-hydrogen) atoms. The molecule has 0 aromatic carbocycles. The average Bonchev–Trinajstić information content (AvgIpc) is 3.00. The van der Waals surface area contributed by atoms with Crippen molar-refractivity contribution in [1.82, 2.24) is 4.90 Å². The Labute approximate surface area is 115 Å². The fourth-order valence-corrected chi connectivity index (χ4v) is 3.19. The van der Waals surface area contributed by atoms with Crippen molar-refractivity contribution < 1.29 is 27.4 Å². The van der Waals surface area contributed by atoms with Gasteiger partial charge in [-0.2, -0.15) is 13.2 Å². The number of morpholine rings is 1. The van der Waals surface area contributed by atoms with Gasteiger partial charge in [0.15, 0.2) is 0 Å². The van der Waals surface area contributed by atoms with Crippen molar-refractivity contribution in [3.05, 3.63) is 0 Å². The molecule has 0 unspecified atom stereocenters. The van der Waals surface area contributed by atoms with Crippen molar-refractivity contribution in [2.75, 3.05) is 19.8 Å². The highest BCUT2D eigenvalue weighted by Crippen LogP contribution is 2.51. The normalized spacial score (nSPS) is 39.5. The maximum Gasteiger partial charge on any atom is 0.392 e. The maximum absolute atomic E-state index is 12.6. The number of fused-ring (bicyclic) bond motifs is 1. The molecule has 0 N–H and O–H groups in total. The van der Waals surface area contributed by atoms with E-state index in [2.05, 4.69) is 0 Å². The number of alkyl halides is 3. The molecular weight excluding hydrogens is 275 g/mol. The van der Waals surface area contributed by atoms with E-state index in [0.29, 0.717) is 19.8 Å². The number of hydrogen-bond acceptors (Lipinski definition) is 3. The van der Waals surface area contributed by atoms with E-state index in [1.807, 2.05) is 13.8 Å². The van der Waals surface area contributed by atoms with Gasteiger partial charge < -0.3 is 14.4 Å². The zero-order valence-corrected chi connectivity index (χ0v) is 11.4. The van der Waals surface area contributed by atoms with Crippen LogP contribution < -0.4 is 0 Å². The molecule has 4 atom stereocenters. The zero-order chi connectivity index (χ0) is 14.7. The van der Waals surface area contributed by atoms with E-state index in [0.717, 1.165) is 0 Å². The molecule has 4 nitrogen and oxygen atoms in total. The highest BCUT2D eigenvalue weighted by Gasteiger charge is 2.61. The first kappa shape index (κ1) is 14.1. The predicted octanol–water partition coefficient (Wildman–Crippen LogP) is 1.59. The number of carbonyl (C=O) groups is 1. The summed E-state index contributed by atoms with van der Waals surface area (Å²) in [7, 11) is 0. The summed E-state index contributed by atoms with van der Waals surface area (Å²) in [6.07, 6.45) is -4.59. The molecule has 0 bridgehead atoms. The molecule has 114 valence electrons. The summed E-state index contributed by atoms with van der Waals surface area (Å²) in [5.41, 5.74) is -0.548. The minimum absolute atomic E-state index is 0.0850. The molecule has 2 aliphatic heterocycles. The van der Waals surface area contributed by atoms with E-state index in [9.17, 15) is 18.0 Å². The fraction of sp³-hybridized carbons (Fsp3) is 0.923. The van der Waals surface area contributed by atoms with Gasteiger partial charge in [0.1, 0.15) is 6.10 Å². The topological polar surface area (TPSA) is 38.8 Å². The maximum atomic E-state index is 12.6. The van der Waals surface area contributed by atoms with Crippen LogP contribution in [-0.4, -0.2) is 54.5 Å². The summed E-state index contributed by atoms with van der Waals surface area (Å²) >= 11 is 0. The minimum atomic E-state index is -4.27. The summed E-state index contributed by atoms with van der Waals surface area (Å²) in [5, 5.41) is 0. The van der Waals surface area contributed by atoms with Crippen LogP contribution in [0.25, 0.3) is 0 Å². The molecule has 3 rings (SSSR count). The number of hydrogen-bond donors (Lipinski definition) is 0. The third kappa shape index (κ3) is 2.41. The Morgan fingerprint density at radius 2 is 2.00 bits per heavy atom. The standard InChI is InChI=1S/C13H18F3NO3/c1-12(2)6-17(9-4-19-5-10(9)20-12)11(18)7-3-8(7)13(14,15)16/h7-10H,3-6H2,1-2H3/t7-,8-,9-,10-/m1/s1. The molecule has 0 radical (unpaired) electrons. The number of carbonyl (C=O) groups excluding carboxylic acids is 1. The van der Waals surface area contributed by atoms with Gasteiger partial charge in [0.2, 0.25) is 5.91 Å². The quantitative estimate of drug-likeness (QED) is 0.737. The molecule has 2 saturated heterocycles. The van der Waals surface area contributed by atoms with E-state index >= 15 is 0 Å². The molecule has 1 saturated carbocycles. The summed E-state index contributed by atoms with van der Waals surface area (Å²) in [6, 6.07) is -0.245. The second-order valence-corrected chi connectivity index (χ2v) is 6.48. The van der Waals surface area contributed by atoms with Crippen LogP contribution >= 0.6 is 0 Å². The number of rotatable bonds is 1. The van der Waals surface area contributed by atoms with Gasteiger partial charge in [-0.05, 0) is 20.3 Å². The molecule has 2 heterocycles. The number of amides is 1. The van der Waals surface area contributed by atoms with Crippen molar-refractivity contribution in [2.45, 2.75) is 44.2 Å². The summed E-state index contributed by atoms with van der Waals surface area (Å²) in [4.78, 5) is 13.9. The molecule has 3 aliphatic rings. The summed E-state index contributed by atoms with van der Waals surface area (Å²) in [6.45, 7) is 4.74. The van der Waals surface area contributed by atoms with Crippen LogP contribution in [-0.2, 0) is 14.3 Å². The Bertz CT molecular complexity index is 424. The third-order valence-corrected chi connectivity index (χ3v) is 4.23. The van der Waals surface area contributed by atoms with Crippen LogP contribution in [0.2, 0.25) is 0 Å². The first-order valence-corrected chi connectivity index (χ1v) is 6.82. The lowest BCUT2D eigenvalue weighted by Crippen LogP contribution is -2.60. The van der Waals surface area contributed by atoms with Crippen LogP contribution in [0.4, 0.5) is 13.2 Å². The van der Waals surface area contributed by atoms with Gasteiger partial charge in [-0.3, -0.25) is 4.79 Å². The Kier molecular flexibility index (Phi) is 3.06. The number of ether oxygens (including phenoxy) is 2. The Morgan fingerprint density at radius 1 is 1.30 bits per heavy atom. The van der Waals surface area contributed by atoms with Crippen LogP contribution in [0.1, 0.15) is 20.3 Å². The number of nitrogens with zero attached hydrogens (tertiary/aromatic N) is 1. The van der Waals surface area contributed by atoms with Gasteiger partial charge in [-0.15, -0.1) is 0 Å². The highest BCUT2D eigenvalue weighted by molar-refractivity contribution is 5.82. The van der Waals surface area contributed by atoms with E-state index in [4.69, 9.17) is 9.47 Å². The number of halogens is 3. The lowest BCUT2D eigenvalue weighted by Gasteiger charge is -2.45. The smallest absolute Gasteiger partial charge is 0.376 e. The van der Waals surface area contributed by atoms with Crippen molar-refractivity contribution in [3.63, 3.8) is 0 Å². The molecular formula is C13H18F3NO3. The molecule has 0 aromatic heterocycles. The highest BCUT2D eigenvalue weighted by atomic mass is 19.4. The van der Waals surface area contributed by atoms with Gasteiger partial charge in [0, 0.05) is 6.54 Å². The predicted molar refractivity (Wildman–Crippen MR) is 62.9 cm³/mol. The van der Waals surface area contributed by atoms with Crippen LogP contribution in [0.15, 0.2) is 0 Å². The van der Waals surface area contributed by atoms with Crippen molar-refractivity contribution in [1.29, 1.82) is 0 Å². The van der Waals surface area contributed by atoms with E-state index in [-0.39, 0.29) is 18.6 Å².